The van der Waals surface area contributed by atoms with Crippen LogP contribution < -0.4 is 10.1 Å². The number of aromatic nitrogens is 2. The Morgan fingerprint density at radius 3 is 2.70 bits per heavy atom. The molecule has 1 aromatic heterocycles. The van der Waals surface area contributed by atoms with Crippen LogP contribution in [0.1, 0.15) is 0 Å². The number of rotatable bonds is 7. The molecule has 0 aliphatic carbocycles. The third-order valence-electron chi connectivity index (χ3n) is 3.53. The first-order valence-electron chi connectivity index (χ1n) is 7.71. The van der Waals surface area contributed by atoms with E-state index in [1.54, 1.807) is 19.2 Å². The molecular formula is C17H14N4O4S2. The topological polar surface area (TPSA) is 107 Å². The third kappa shape index (κ3) is 4.60. The van der Waals surface area contributed by atoms with Crippen molar-refractivity contribution in [2.24, 2.45) is 0 Å². The zero-order valence-corrected chi connectivity index (χ0v) is 15.8. The number of nitrogens with one attached hydrogen (secondary N) is 1. The van der Waals surface area contributed by atoms with E-state index >= 15 is 0 Å². The molecule has 0 atom stereocenters. The van der Waals surface area contributed by atoms with Gasteiger partial charge in [-0.05, 0) is 41.9 Å². The van der Waals surface area contributed by atoms with E-state index in [0.29, 0.717) is 5.69 Å². The van der Waals surface area contributed by atoms with Crippen molar-refractivity contribution in [3.05, 3.63) is 58.6 Å². The van der Waals surface area contributed by atoms with Crippen LogP contribution in [0.4, 0.5) is 11.4 Å². The number of nitro groups is 1. The number of amides is 1. The first-order chi connectivity index (χ1) is 13.1. The van der Waals surface area contributed by atoms with E-state index in [4.69, 9.17) is 4.74 Å². The maximum Gasteiger partial charge on any atom is 0.292 e. The van der Waals surface area contributed by atoms with Gasteiger partial charge in [-0.1, -0.05) is 16.6 Å². The molecule has 0 spiro atoms. The summed E-state index contributed by atoms with van der Waals surface area (Å²) in [7, 11) is 1.59. The second-order valence-corrected chi connectivity index (χ2v) is 7.25. The van der Waals surface area contributed by atoms with Crippen LogP contribution in [0.25, 0.3) is 11.3 Å². The molecule has 1 N–H and O–H groups in total. The number of hydrogen-bond acceptors (Lipinski definition) is 8. The number of thioether (sulfide) groups is 1. The van der Waals surface area contributed by atoms with Crippen LogP contribution in [0.15, 0.2) is 52.7 Å². The predicted molar refractivity (Wildman–Crippen MR) is 104 cm³/mol. The summed E-state index contributed by atoms with van der Waals surface area (Å²) in [6, 6.07) is 13.4. The number of ether oxygens (including phenoxy) is 1. The number of methoxy groups -OCH3 is 1. The lowest BCUT2D eigenvalue weighted by Crippen LogP contribution is -2.15. The minimum atomic E-state index is -0.530. The normalized spacial score (nSPS) is 10.4. The van der Waals surface area contributed by atoms with E-state index in [1.807, 2.05) is 24.3 Å². The first-order valence-corrected chi connectivity index (χ1v) is 9.47. The van der Waals surface area contributed by atoms with Crippen molar-refractivity contribution >= 4 is 40.6 Å². The number of carbonyl (C=O) groups is 1. The van der Waals surface area contributed by atoms with E-state index in [1.165, 1.54) is 35.4 Å². The Morgan fingerprint density at radius 1 is 1.26 bits per heavy atom. The van der Waals surface area contributed by atoms with Gasteiger partial charge < -0.3 is 10.1 Å². The number of anilines is 1. The fraction of sp³-hybridized carbons (Fsp3) is 0.118. The Balaban J connectivity index is 1.66. The van der Waals surface area contributed by atoms with Gasteiger partial charge in [0.05, 0.1) is 17.8 Å². The van der Waals surface area contributed by atoms with Gasteiger partial charge in [0, 0.05) is 11.6 Å². The molecule has 1 amide bonds. The van der Waals surface area contributed by atoms with Crippen LogP contribution >= 0.6 is 23.3 Å². The number of carbonyl (C=O) groups excluding carboxylic acids is 1. The highest BCUT2D eigenvalue weighted by Crippen LogP contribution is 2.33. The number of para-hydroxylation sites is 2. The summed E-state index contributed by atoms with van der Waals surface area (Å²) in [5.41, 5.74) is 1.58. The summed E-state index contributed by atoms with van der Waals surface area (Å²) >= 11 is 2.47. The summed E-state index contributed by atoms with van der Waals surface area (Å²) in [4.78, 5) is 22.7. The van der Waals surface area contributed by atoms with Crippen LogP contribution in [-0.2, 0) is 4.79 Å². The second kappa shape index (κ2) is 8.60. The SMILES string of the molecule is COc1ccc(-c2nnsc2SCC(=O)Nc2ccccc2[N+](=O)[O-])cc1. The van der Waals surface area contributed by atoms with Gasteiger partial charge in [-0.3, -0.25) is 14.9 Å². The highest BCUT2D eigenvalue weighted by Gasteiger charge is 2.17. The molecule has 0 bridgehead atoms. The number of hydrogen-bond donors (Lipinski definition) is 1. The Morgan fingerprint density at radius 2 is 2.00 bits per heavy atom. The fourth-order valence-corrected chi connectivity index (χ4v) is 3.82. The molecule has 0 saturated heterocycles. The Kier molecular flexibility index (Phi) is 5.99. The summed E-state index contributed by atoms with van der Waals surface area (Å²) in [5, 5.41) is 17.7. The predicted octanol–water partition coefficient (Wildman–Crippen LogP) is 3.85. The lowest BCUT2D eigenvalue weighted by atomic mass is 10.2. The summed E-state index contributed by atoms with van der Waals surface area (Å²) in [6.45, 7) is 0. The van der Waals surface area contributed by atoms with Crippen molar-refractivity contribution in [1.82, 2.24) is 9.59 Å². The molecule has 0 aliphatic rings. The standard InChI is InChI=1S/C17H14N4O4S2/c1-25-12-8-6-11(7-9-12)16-17(27-20-19-16)26-10-15(22)18-13-4-2-3-5-14(13)21(23)24/h2-9H,10H2,1H3,(H,18,22). The van der Waals surface area contributed by atoms with Crippen molar-refractivity contribution < 1.29 is 14.5 Å². The molecule has 8 nitrogen and oxygen atoms in total. The molecule has 27 heavy (non-hydrogen) atoms. The van der Waals surface area contributed by atoms with Crippen LogP contribution in [-0.4, -0.2) is 33.3 Å². The number of nitrogens with zero attached hydrogens (tertiary/aromatic N) is 3. The quantitative estimate of drug-likeness (QED) is 0.363. The monoisotopic (exact) mass is 402 g/mol. The van der Waals surface area contributed by atoms with Gasteiger partial charge in [0.25, 0.3) is 5.69 Å². The van der Waals surface area contributed by atoms with Gasteiger partial charge in [0.2, 0.25) is 5.91 Å². The average molecular weight is 402 g/mol. The Labute approximate surface area is 162 Å². The lowest BCUT2D eigenvalue weighted by molar-refractivity contribution is -0.383. The maximum absolute atomic E-state index is 12.2. The van der Waals surface area contributed by atoms with Gasteiger partial charge in [0.15, 0.2) is 0 Å². The zero-order valence-electron chi connectivity index (χ0n) is 14.1. The van der Waals surface area contributed by atoms with E-state index < -0.39 is 4.92 Å². The fourth-order valence-electron chi connectivity index (χ4n) is 2.26. The molecular weight excluding hydrogens is 388 g/mol. The molecule has 10 heteroatoms. The molecule has 3 aromatic rings. The highest BCUT2D eigenvalue weighted by molar-refractivity contribution is 8.01. The number of benzene rings is 2. The molecule has 3 rings (SSSR count). The summed E-state index contributed by atoms with van der Waals surface area (Å²) in [6.07, 6.45) is 0. The molecule has 0 saturated carbocycles. The summed E-state index contributed by atoms with van der Waals surface area (Å²) in [5.74, 6) is 0.474. The van der Waals surface area contributed by atoms with Gasteiger partial charge >= 0.3 is 0 Å². The smallest absolute Gasteiger partial charge is 0.292 e. The lowest BCUT2D eigenvalue weighted by Gasteiger charge is -2.06. The maximum atomic E-state index is 12.2. The third-order valence-corrected chi connectivity index (χ3v) is 5.49. The van der Waals surface area contributed by atoms with E-state index in [9.17, 15) is 14.9 Å². The molecule has 1 heterocycles. The number of nitro benzene ring substituents is 1. The Bertz CT molecular complexity index is 960. The molecule has 0 radical (unpaired) electrons. The highest BCUT2D eigenvalue weighted by atomic mass is 32.2. The second-order valence-electron chi connectivity index (χ2n) is 5.25. The van der Waals surface area contributed by atoms with Crippen molar-refractivity contribution in [2.75, 3.05) is 18.2 Å². The average Bonchev–Trinajstić information content (AvgIpc) is 3.15. The minimum absolute atomic E-state index is 0.0824. The molecule has 0 fully saturated rings. The first kappa shape index (κ1) is 18.8. The van der Waals surface area contributed by atoms with E-state index in [0.717, 1.165) is 15.5 Å². The zero-order chi connectivity index (χ0) is 19.2. The molecule has 2 aromatic carbocycles. The molecule has 0 aliphatic heterocycles. The van der Waals surface area contributed by atoms with Gasteiger partial charge in [0.1, 0.15) is 21.3 Å². The summed E-state index contributed by atoms with van der Waals surface area (Å²) < 4.78 is 9.89. The van der Waals surface area contributed by atoms with Crippen molar-refractivity contribution in [3.63, 3.8) is 0 Å². The van der Waals surface area contributed by atoms with Crippen molar-refractivity contribution in [3.8, 4) is 17.0 Å². The minimum Gasteiger partial charge on any atom is -0.497 e. The van der Waals surface area contributed by atoms with Crippen LogP contribution in [0, 0.1) is 10.1 Å². The van der Waals surface area contributed by atoms with Gasteiger partial charge in [-0.15, -0.1) is 16.9 Å². The Hall–Kier alpha value is -2.98. The van der Waals surface area contributed by atoms with Crippen molar-refractivity contribution in [2.45, 2.75) is 4.21 Å². The van der Waals surface area contributed by atoms with E-state index in [-0.39, 0.29) is 23.0 Å². The molecule has 138 valence electrons. The van der Waals surface area contributed by atoms with Crippen LogP contribution in [0.2, 0.25) is 0 Å². The van der Waals surface area contributed by atoms with E-state index in [2.05, 4.69) is 14.9 Å². The molecule has 0 unspecified atom stereocenters. The van der Waals surface area contributed by atoms with Crippen LogP contribution in [0.5, 0.6) is 5.75 Å². The van der Waals surface area contributed by atoms with Crippen LogP contribution in [0.3, 0.4) is 0 Å². The van der Waals surface area contributed by atoms with Gasteiger partial charge in [-0.2, -0.15) is 0 Å². The van der Waals surface area contributed by atoms with Gasteiger partial charge in [-0.25, -0.2) is 0 Å². The van der Waals surface area contributed by atoms with Crippen molar-refractivity contribution in [1.29, 1.82) is 0 Å². The largest absolute Gasteiger partial charge is 0.497 e.